The zero-order chi connectivity index (χ0) is 22.8. The predicted molar refractivity (Wildman–Crippen MR) is 125 cm³/mol. The number of ether oxygens (including phenoxy) is 1. The third-order valence-electron chi connectivity index (χ3n) is 5.88. The van der Waals surface area contributed by atoms with Crippen molar-refractivity contribution in [3.05, 3.63) is 75.2 Å². The smallest absolute Gasteiger partial charge is 0.294 e. The number of aromatic nitrogens is 2. The second kappa shape index (κ2) is 8.86. The van der Waals surface area contributed by atoms with Gasteiger partial charge >= 0.3 is 0 Å². The van der Waals surface area contributed by atoms with Crippen LogP contribution in [0.4, 0.5) is 11.4 Å². The maximum atomic E-state index is 12.8. The van der Waals surface area contributed by atoms with E-state index in [0.29, 0.717) is 28.4 Å². The van der Waals surface area contributed by atoms with E-state index in [9.17, 15) is 9.59 Å². The Bertz CT molecular complexity index is 1210. The van der Waals surface area contributed by atoms with Crippen molar-refractivity contribution in [2.24, 2.45) is 7.05 Å². The molecule has 0 aliphatic carbocycles. The van der Waals surface area contributed by atoms with Crippen molar-refractivity contribution in [2.45, 2.75) is 33.6 Å². The SMILES string of the molecule is Cc1cc(C)c(C)c(Oc2cnn(C)c(=O)c2Nc2ccc(C(=O)N3CCCC3)cc2)c1. The third kappa shape index (κ3) is 4.37. The molecule has 7 heteroatoms. The first-order chi connectivity index (χ1) is 15.3. The van der Waals surface area contributed by atoms with Crippen molar-refractivity contribution in [1.82, 2.24) is 14.7 Å². The minimum absolute atomic E-state index is 0.0446. The molecule has 0 bridgehead atoms. The molecule has 1 N–H and O–H groups in total. The van der Waals surface area contributed by atoms with Crippen LogP contribution in [0.2, 0.25) is 0 Å². The van der Waals surface area contributed by atoms with E-state index in [2.05, 4.69) is 16.5 Å². The van der Waals surface area contributed by atoms with Gasteiger partial charge in [0.1, 0.15) is 5.75 Å². The molecule has 32 heavy (non-hydrogen) atoms. The first-order valence-electron chi connectivity index (χ1n) is 10.8. The lowest BCUT2D eigenvalue weighted by Crippen LogP contribution is -2.27. The lowest BCUT2D eigenvalue weighted by molar-refractivity contribution is 0.0793. The minimum atomic E-state index is -0.304. The van der Waals surface area contributed by atoms with Crippen LogP contribution in [0.25, 0.3) is 0 Å². The standard InChI is InChI=1S/C25H28N4O3/c1-16-13-17(2)18(3)21(14-16)32-22-15-26-28(4)25(31)23(22)27-20-9-7-19(8-10-20)24(30)29-11-5-6-12-29/h7-10,13-15,27H,5-6,11-12H2,1-4H3. The molecule has 0 unspecified atom stereocenters. The summed E-state index contributed by atoms with van der Waals surface area (Å²) in [5, 5.41) is 7.29. The lowest BCUT2D eigenvalue weighted by atomic mass is 10.1. The number of carbonyl (C=O) groups excluding carboxylic acids is 1. The summed E-state index contributed by atoms with van der Waals surface area (Å²) in [7, 11) is 1.59. The highest BCUT2D eigenvalue weighted by Gasteiger charge is 2.20. The number of likely N-dealkylation sites (tertiary alicyclic amines) is 1. The van der Waals surface area contributed by atoms with Gasteiger partial charge in [-0.25, -0.2) is 4.68 Å². The van der Waals surface area contributed by atoms with Gasteiger partial charge in [0.15, 0.2) is 11.4 Å². The van der Waals surface area contributed by atoms with E-state index in [4.69, 9.17) is 4.74 Å². The van der Waals surface area contributed by atoms with Crippen LogP contribution in [-0.4, -0.2) is 33.7 Å². The normalized spacial score (nSPS) is 13.3. The zero-order valence-electron chi connectivity index (χ0n) is 18.9. The van der Waals surface area contributed by atoms with Crippen LogP contribution < -0.4 is 15.6 Å². The largest absolute Gasteiger partial charge is 0.453 e. The molecule has 7 nitrogen and oxygen atoms in total. The maximum Gasteiger partial charge on any atom is 0.294 e. The highest BCUT2D eigenvalue weighted by Crippen LogP contribution is 2.32. The number of nitrogens with zero attached hydrogens (tertiary/aromatic N) is 3. The van der Waals surface area contributed by atoms with Gasteiger partial charge in [-0.3, -0.25) is 9.59 Å². The summed E-state index contributed by atoms with van der Waals surface area (Å²) >= 11 is 0. The van der Waals surface area contributed by atoms with E-state index in [-0.39, 0.29) is 11.5 Å². The van der Waals surface area contributed by atoms with Crippen molar-refractivity contribution < 1.29 is 9.53 Å². The van der Waals surface area contributed by atoms with Crippen LogP contribution in [0, 0.1) is 20.8 Å². The van der Waals surface area contributed by atoms with E-state index in [1.54, 1.807) is 31.3 Å². The summed E-state index contributed by atoms with van der Waals surface area (Å²) in [6, 6.07) is 11.2. The van der Waals surface area contributed by atoms with Crippen LogP contribution in [-0.2, 0) is 7.05 Å². The summed E-state index contributed by atoms with van der Waals surface area (Å²) < 4.78 is 7.40. The Morgan fingerprint density at radius 3 is 2.41 bits per heavy atom. The fourth-order valence-electron chi connectivity index (χ4n) is 3.88. The van der Waals surface area contributed by atoms with Crippen LogP contribution in [0.3, 0.4) is 0 Å². The molecule has 2 aromatic carbocycles. The fourth-order valence-corrected chi connectivity index (χ4v) is 3.88. The Kier molecular flexibility index (Phi) is 5.99. The van der Waals surface area contributed by atoms with E-state index >= 15 is 0 Å². The minimum Gasteiger partial charge on any atom is -0.453 e. The lowest BCUT2D eigenvalue weighted by Gasteiger charge is -2.17. The monoisotopic (exact) mass is 432 g/mol. The van der Waals surface area contributed by atoms with Crippen molar-refractivity contribution in [1.29, 1.82) is 0 Å². The Balaban J connectivity index is 1.62. The molecule has 4 rings (SSSR count). The molecule has 1 amide bonds. The molecule has 1 fully saturated rings. The van der Waals surface area contributed by atoms with Crippen LogP contribution in [0.15, 0.2) is 47.4 Å². The Morgan fingerprint density at radius 2 is 1.72 bits per heavy atom. The molecule has 0 saturated carbocycles. The molecule has 0 spiro atoms. The van der Waals surface area contributed by atoms with Gasteiger partial charge in [-0.15, -0.1) is 0 Å². The molecular weight excluding hydrogens is 404 g/mol. The summed E-state index contributed by atoms with van der Waals surface area (Å²) in [6.07, 6.45) is 3.64. The Morgan fingerprint density at radius 1 is 1.03 bits per heavy atom. The highest BCUT2D eigenvalue weighted by molar-refractivity contribution is 5.94. The Hall–Kier alpha value is -3.61. The van der Waals surface area contributed by atoms with Gasteiger partial charge in [0.05, 0.1) is 6.20 Å². The summed E-state index contributed by atoms with van der Waals surface area (Å²) in [4.78, 5) is 27.3. The van der Waals surface area contributed by atoms with E-state index in [0.717, 1.165) is 42.6 Å². The first-order valence-corrected chi connectivity index (χ1v) is 10.8. The number of amides is 1. The summed E-state index contributed by atoms with van der Waals surface area (Å²) in [5.74, 6) is 1.08. The van der Waals surface area contributed by atoms with Gasteiger partial charge in [-0.2, -0.15) is 5.10 Å². The number of aryl methyl sites for hydroxylation is 3. The van der Waals surface area contributed by atoms with Crippen LogP contribution in [0.1, 0.15) is 39.9 Å². The Labute approximate surface area is 187 Å². The summed E-state index contributed by atoms with van der Waals surface area (Å²) in [6.45, 7) is 7.64. The molecule has 0 atom stereocenters. The predicted octanol–water partition coefficient (Wildman–Crippen LogP) is 4.48. The highest BCUT2D eigenvalue weighted by atomic mass is 16.5. The first kappa shape index (κ1) is 21.6. The average molecular weight is 433 g/mol. The molecule has 166 valence electrons. The molecule has 1 saturated heterocycles. The number of rotatable bonds is 5. The molecule has 3 aromatic rings. The third-order valence-corrected chi connectivity index (χ3v) is 5.88. The molecule has 1 aliphatic rings. The van der Waals surface area contributed by atoms with Gasteiger partial charge in [-0.05, 0) is 80.6 Å². The quantitative estimate of drug-likeness (QED) is 0.643. The summed E-state index contributed by atoms with van der Waals surface area (Å²) in [5.41, 5.74) is 4.52. The van der Waals surface area contributed by atoms with Gasteiger partial charge in [-0.1, -0.05) is 6.07 Å². The van der Waals surface area contributed by atoms with Gasteiger partial charge in [0.25, 0.3) is 11.5 Å². The molecule has 1 aromatic heterocycles. The second-order valence-electron chi connectivity index (χ2n) is 8.32. The van der Waals surface area contributed by atoms with Crippen molar-refractivity contribution in [2.75, 3.05) is 18.4 Å². The van der Waals surface area contributed by atoms with E-state index in [1.807, 2.05) is 31.7 Å². The maximum absolute atomic E-state index is 12.8. The van der Waals surface area contributed by atoms with Crippen molar-refractivity contribution in [3.63, 3.8) is 0 Å². The van der Waals surface area contributed by atoms with Gasteiger partial charge in [0.2, 0.25) is 0 Å². The van der Waals surface area contributed by atoms with Gasteiger partial charge in [0, 0.05) is 31.4 Å². The molecule has 1 aliphatic heterocycles. The van der Waals surface area contributed by atoms with E-state index in [1.165, 1.54) is 10.9 Å². The van der Waals surface area contributed by atoms with E-state index < -0.39 is 0 Å². The molecule has 2 heterocycles. The van der Waals surface area contributed by atoms with Gasteiger partial charge < -0.3 is 15.0 Å². The molecule has 0 radical (unpaired) electrons. The number of nitrogens with one attached hydrogen (secondary N) is 1. The fraction of sp³-hybridized carbons (Fsp3) is 0.320. The number of benzene rings is 2. The number of hydrogen-bond acceptors (Lipinski definition) is 5. The number of hydrogen-bond donors (Lipinski definition) is 1. The second-order valence-corrected chi connectivity index (χ2v) is 8.32. The number of anilines is 2. The van der Waals surface area contributed by atoms with Crippen LogP contribution in [0.5, 0.6) is 11.5 Å². The van der Waals surface area contributed by atoms with Crippen LogP contribution >= 0.6 is 0 Å². The molecular formula is C25H28N4O3. The average Bonchev–Trinajstić information content (AvgIpc) is 3.31. The zero-order valence-corrected chi connectivity index (χ0v) is 18.9. The van der Waals surface area contributed by atoms with Crippen molar-refractivity contribution in [3.8, 4) is 11.5 Å². The topological polar surface area (TPSA) is 76.5 Å². The van der Waals surface area contributed by atoms with Crippen molar-refractivity contribution >= 4 is 17.3 Å². The number of carbonyl (C=O) groups is 1.